The van der Waals surface area contributed by atoms with Gasteiger partial charge in [0.05, 0.1) is 21.6 Å². The van der Waals surface area contributed by atoms with E-state index in [1.54, 1.807) is 26.0 Å². The van der Waals surface area contributed by atoms with Crippen LogP contribution in [-0.2, 0) is 19.4 Å². The maximum Gasteiger partial charge on any atom is 0.237 e. The Morgan fingerprint density at radius 1 is 1.17 bits per heavy atom. The van der Waals surface area contributed by atoms with E-state index in [1.807, 2.05) is 26.0 Å². The number of carbonyl (C=O) groups is 2. The van der Waals surface area contributed by atoms with E-state index in [4.69, 9.17) is 0 Å². The number of rotatable bonds is 5. The van der Waals surface area contributed by atoms with Crippen LogP contribution in [-0.4, -0.2) is 31.2 Å². The average Bonchev–Trinajstić information content (AvgIpc) is 2.65. The molecule has 0 aliphatic carbocycles. The van der Waals surface area contributed by atoms with Crippen LogP contribution in [0.1, 0.15) is 25.0 Å². The van der Waals surface area contributed by atoms with Crippen LogP contribution < -0.4 is 10.6 Å². The monoisotopic (exact) mass is 432 g/mol. The normalized spacial score (nSPS) is 17.2. The van der Waals surface area contributed by atoms with Gasteiger partial charge in [-0.2, -0.15) is 0 Å². The van der Waals surface area contributed by atoms with Gasteiger partial charge in [0.2, 0.25) is 11.8 Å². The summed E-state index contributed by atoms with van der Waals surface area (Å²) in [6, 6.07) is 10.3. The summed E-state index contributed by atoms with van der Waals surface area (Å²) < 4.78 is 25.7. The van der Waals surface area contributed by atoms with Crippen molar-refractivity contribution in [2.45, 2.75) is 42.7 Å². The Morgan fingerprint density at radius 3 is 2.59 bits per heavy atom. The summed E-state index contributed by atoms with van der Waals surface area (Å²) in [4.78, 5) is 25.3. The molecule has 0 saturated heterocycles. The lowest BCUT2D eigenvalue weighted by Gasteiger charge is -2.22. The fourth-order valence-corrected chi connectivity index (χ4v) is 5.47. The van der Waals surface area contributed by atoms with Crippen LogP contribution in [0.15, 0.2) is 46.2 Å². The Labute approximate surface area is 175 Å². The molecule has 1 heterocycles. The summed E-state index contributed by atoms with van der Waals surface area (Å²) >= 11 is 1.39. The summed E-state index contributed by atoms with van der Waals surface area (Å²) in [5.74, 6) is -1.56. The second-order valence-corrected chi connectivity index (χ2v) is 10.8. The SMILES string of the molecule is Cc1ccc(NC(=O)C(C)CS(=O)(=O)c2ccc3c(c2)NC(=O)C(C)S3)cc1C. The van der Waals surface area contributed by atoms with Gasteiger partial charge in [-0.15, -0.1) is 11.8 Å². The van der Waals surface area contributed by atoms with E-state index in [1.165, 1.54) is 23.9 Å². The molecule has 6 nitrogen and oxygen atoms in total. The Bertz CT molecular complexity index is 1080. The van der Waals surface area contributed by atoms with E-state index in [9.17, 15) is 18.0 Å². The lowest BCUT2D eigenvalue weighted by atomic mass is 10.1. The molecule has 2 aromatic rings. The highest BCUT2D eigenvalue weighted by molar-refractivity contribution is 8.01. The number of nitrogens with one attached hydrogen (secondary N) is 2. The zero-order valence-corrected chi connectivity index (χ0v) is 18.4. The molecule has 0 radical (unpaired) electrons. The number of amides is 2. The molecule has 8 heteroatoms. The van der Waals surface area contributed by atoms with E-state index in [-0.39, 0.29) is 27.7 Å². The van der Waals surface area contributed by atoms with Crippen molar-refractivity contribution in [2.75, 3.05) is 16.4 Å². The number of anilines is 2. The molecular weight excluding hydrogens is 408 g/mol. The van der Waals surface area contributed by atoms with E-state index < -0.39 is 15.8 Å². The first-order valence-electron chi connectivity index (χ1n) is 9.29. The van der Waals surface area contributed by atoms with Gasteiger partial charge in [-0.25, -0.2) is 8.42 Å². The first-order valence-corrected chi connectivity index (χ1v) is 11.8. The van der Waals surface area contributed by atoms with Gasteiger partial charge in [0.15, 0.2) is 9.84 Å². The van der Waals surface area contributed by atoms with Crippen molar-refractivity contribution in [2.24, 2.45) is 5.92 Å². The third-order valence-corrected chi connectivity index (χ3v) is 8.02. The summed E-state index contributed by atoms with van der Waals surface area (Å²) in [6.45, 7) is 7.32. The van der Waals surface area contributed by atoms with Crippen molar-refractivity contribution in [3.05, 3.63) is 47.5 Å². The fraction of sp³-hybridized carbons (Fsp3) is 0.333. The molecule has 154 valence electrons. The fourth-order valence-electron chi connectivity index (χ4n) is 2.97. The van der Waals surface area contributed by atoms with Gasteiger partial charge in [-0.3, -0.25) is 9.59 Å². The van der Waals surface area contributed by atoms with Gasteiger partial charge in [0.25, 0.3) is 0 Å². The third kappa shape index (κ3) is 4.82. The maximum atomic E-state index is 12.8. The largest absolute Gasteiger partial charge is 0.326 e. The number of fused-ring (bicyclic) bond motifs is 1. The number of aryl methyl sites for hydroxylation is 2. The molecule has 2 atom stereocenters. The molecular formula is C21H24N2O4S2. The van der Waals surface area contributed by atoms with Crippen molar-refractivity contribution in [1.29, 1.82) is 0 Å². The first-order chi connectivity index (χ1) is 13.6. The zero-order chi connectivity index (χ0) is 21.3. The van der Waals surface area contributed by atoms with Crippen molar-refractivity contribution in [3.8, 4) is 0 Å². The molecule has 0 fully saturated rings. The van der Waals surface area contributed by atoms with Gasteiger partial charge in [0.1, 0.15) is 0 Å². The molecule has 0 saturated carbocycles. The molecule has 2 N–H and O–H groups in total. The molecule has 0 spiro atoms. The minimum Gasteiger partial charge on any atom is -0.326 e. The zero-order valence-electron chi connectivity index (χ0n) is 16.8. The second-order valence-electron chi connectivity index (χ2n) is 7.38. The van der Waals surface area contributed by atoms with Crippen molar-refractivity contribution in [1.82, 2.24) is 0 Å². The van der Waals surface area contributed by atoms with Crippen LogP contribution in [0.25, 0.3) is 0 Å². The number of thioether (sulfide) groups is 1. The van der Waals surface area contributed by atoms with Gasteiger partial charge >= 0.3 is 0 Å². The smallest absolute Gasteiger partial charge is 0.237 e. The molecule has 0 bridgehead atoms. The Hall–Kier alpha value is -2.32. The predicted molar refractivity (Wildman–Crippen MR) is 116 cm³/mol. The Balaban J connectivity index is 1.73. The van der Waals surface area contributed by atoms with Crippen LogP contribution in [0, 0.1) is 19.8 Å². The first kappa shape index (κ1) is 21.4. The molecule has 2 aromatic carbocycles. The minimum absolute atomic E-state index is 0.0949. The van der Waals surface area contributed by atoms with Gasteiger partial charge in [-0.05, 0) is 62.2 Å². The summed E-state index contributed by atoms with van der Waals surface area (Å²) in [5.41, 5.74) is 3.30. The van der Waals surface area contributed by atoms with Crippen LogP contribution in [0.5, 0.6) is 0 Å². The van der Waals surface area contributed by atoms with Crippen LogP contribution in [0.4, 0.5) is 11.4 Å². The number of hydrogen-bond donors (Lipinski definition) is 2. The Kier molecular flexibility index (Phi) is 6.05. The standard InChI is InChI=1S/C21H24N2O4S2/c1-12-5-6-16(9-13(12)2)22-20(24)14(3)11-29(26,27)17-7-8-19-18(10-17)23-21(25)15(4)28-19/h5-10,14-15H,11H2,1-4H3,(H,22,24)(H,23,25). The summed E-state index contributed by atoms with van der Waals surface area (Å²) in [6.07, 6.45) is 0. The lowest BCUT2D eigenvalue weighted by molar-refractivity contribution is -0.119. The van der Waals surface area contributed by atoms with E-state index in [0.29, 0.717) is 11.4 Å². The van der Waals surface area contributed by atoms with Crippen LogP contribution in [0.2, 0.25) is 0 Å². The maximum absolute atomic E-state index is 12.8. The van der Waals surface area contributed by atoms with Gasteiger partial charge in [0, 0.05) is 16.5 Å². The highest BCUT2D eigenvalue weighted by Crippen LogP contribution is 2.37. The van der Waals surface area contributed by atoms with Crippen molar-refractivity contribution >= 4 is 44.8 Å². The van der Waals surface area contributed by atoms with E-state index >= 15 is 0 Å². The number of carbonyl (C=O) groups excluding carboxylic acids is 2. The number of hydrogen-bond acceptors (Lipinski definition) is 5. The van der Waals surface area contributed by atoms with Crippen molar-refractivity contribution < 1.29 is 18.0 Å². The molecule has 1 aliphatic rings. The molecule has 0 aromatic heterocycles. The number of sulfone groups is 1. The van der Waals surface area contributed by atoms with E-state index in [0.717, 1.165) is 16.0 Å². The highest BCUT2D eigenvalue weighted by atomic mass is 32.2. The van der Waals surface area contributed by atoms with E-state index in [2.05, 4.69) is 10.6 Å². The highest BCUT2D eigenvalue weighted by Gasteiger charge is 2.27. The third-order valence-electron chi connectivity index (χ3n) is 4.93. The molecule has 3 rings (SSSR count). The number of benzene rings is 2. The minimum atomic E-state index is -3.70. The lowest BCUT2D eigenvalue weighted by Crippen LogP contribution is -2.28. The van der Waals surface area contributed by atoms with Crippen LogP contribution >= 0.6 is 11.8 Å². The second kappa shape index (κ2) is 8.20. The molecule has 2 unspecified atom stereocenters. The topological polar surface area (TPSA) is 92.3 Å². The quantitative estimate of drug-likeness (QED) is 0.750. The van der Waals surface area contributed by atoms with Gasteiger partial charge < -0.3 is 10.6 Å². The molecule has 2 amide bonds. The average molecular weight is 433 g/mol. The Morgan fingerprint density at radius 2 is 1.90 bits per heavy atom. The predicted octanol–water partition coefficient (Wildman–Crippen LogP) is 3.78. The molecule has 29 heavy (non-hydrogen) atoms. The summed E-state index contributed by atoms with van der Waals surface area (Å²) in [5, 5.41) is 5.29. The van der Waals surface area contributed by atoms with Crippen LogP contribution in [0.3, 0.4) is 0 Å². The molecule has 1 aliphatic heterocycles. The van der Waals surface area contributed by atoms with Crippen molar-refractivity contribution in [3.63, 3.8) is 0 Å². The van der Waals surface area contributed by atoms with Gasteiger partial charge in [-0.1, -0.05) is 13.0 Å². The summed E-state index contributed by atoms with van der Waals surface area (Å²) in [7, 11) is -3.70.